The van der Waals surface area contributed by atoms with Crippen LogP contribution in [-0.4, -0.2) is 35.0 Å². The number of rotatable bonds is 6. The first-order valence-electron chi connectivity index (χ1n) is 13.3. The third-order valence-corrected chi connectivity index (χ3v) is 7.82. The lowest BCUT2D eigenvalue weighted by atomic mass is 9.91. The number of halogens is 1. The number of thiocarbonyl (C=S) groups is 1. The van der Waals surface area contributed by atoms with E-state index in [1.54, 1.807) is 19.2 Å². The molecular weight excluding hydrogens is 568 g/mol. The van der Waals surface area contributed by atoms with Gasteiger partial charge in [0.05, 0.1) is 31.5 Å². The summed E-state index contributed by atoms with van der Waals surface area (Å²) in [5.41, 5.74) is 4.87. The van der Waals surface area contributed by atoms with E-state index in [1.165, 1.54) is 0 Å². The van der Waals surface area contributed by atoms with Gasteiger partial charge in [0.1, 0.15) is 0 Å². The number of benzene rings is 4. The van der Waals surface area contributed by atoms with E-state index in [-0.39, 0.29) is 11.6 Å². The highest BCUT2D eigenvalue weighted by Gasteiger charge is 2.36. The van der Waals surface area contributed by atoms with Crippen molar-refractivity contribution in [1.29, 1.82) is 0 Å². The van der Waals surface area contributed by atoms with Crippen molar-refractivity contribution in [2.45, 2.75) is 12.5 Å². The normalized spacial score (nSPS) is 14.5. The Morgan fingerprint density at radius 1 is 0.929 bits per heavy atom. The van der Waals surface area contributed by atoms with E-state index in [2.05, 4.69) is 10.3 Å². The highest BCUT2D eigenvalue weighted by atomic mass is 35.5. The van der Waals surface area contributed by atoms with E-state index in [4.69, 9.17) is 38.4 Å². The molecule has 0 aliphatic carbocycles. The zero-order valence-electron chi connectivity index (χ0n) is 22.9. The monoisotopic (exact) mass is 594 g/mol. The third kappa shape index (κ3) is 5.11. The summed E-state index contributed by atoms with van der Waals surface area (Å²) < 4.78 is 11.4. The van der Waals surface area contributed by atoms with Gasteiger partial charge in [-0.1, -0.05) is 72.3 Å². The number of aromatic amines is 1. The molecule has 42 heavy (non-hydrogen) atoms. The van der Waals surface area contributed by atoms with Crippen molar-refractivity contribution in [3.05, 3.63) is 124 Å². The van der Waals surface area contributed by atoms with Crippen LogP contribution in [0.4, 0.5) is 5.69 Å². The molecule has 2 N–H and O–H groups in total. The van der Waals surface area contributed by atoms with Crippen LogP contribution in [0.15, 0.2) is 107 Å². The van der Waals surface area contributed by atoms with Crippen LogP contribution in [-0.2, 0) is 0 Å². The van der Waals surface area contributed by atoms with E-state index in [0.717, 1.165) is 33.3 Å². The molecule has 0 amide bonds. The number of hydrazone groups is 1. The fourth-order valence-corrected chi connectivity index (χ4v) is 5.81. The molecule has 1 atom stereocenters. The van der Waals surface area contributed by atoms with Crippen molar-refractivity contribution in [2.75, 3.05) is 19.5 Å². The maximum atomic E-state index is 13.8. The number of methoxy groups -OCH3 is 2. The van der Waals surface area contributed by atoms with Crippen molar-refractivity contribution in [3.8, 4) is 22.6 Å². The second kappa shape index (κ2) is 11.7. The second-order valence-corrected chi connectivity index (χ2v) is 10.6. The number of hydrogen-bond donors (Lipinski definition) is 2. The van der Waals surface area contributed by atoms with E-state index in [0.29, 0.717) is 39.3 Å². The van der Waals surface area contributed by atoms with Gasteiger partial charge in [0, 0.05) is 39.2 Å². The van der Waals surface area contributed by atoms with Crippen molar-refractivity contribution < 1.29 is 9.47 Å². The van der Waals surface area contributed by atoms with Gasteiger partial charge in [-0.05, 0) is 54.2 Å². The van der Waals surface area contributed by atoms with E-state index in [1.807, 2.05) is 97.1 Å². The number of fused-ring (bicyclic) bond motifs is 1. The Hall–Kier alpha value is -4.66. The highest BCUT2D eigenvalue weighted by Crippen LogP contribution is 2.43. The number of pyridine rings is 1. The predicted octanol–water partition coefficient (Wildman–Crippen LogP) is 7.41. The molecule has 7 nitrogen and oxygen atoms in total. The summed E-state index contributed by atoms with van der Waals surface area (Å²) in [5.74, 6) is 1.18. The van der Waals surface area contributed by atoms with Crippen molar-refractivity contribution in [3.63, 3.8) is 0 Å². The number of nitrogens with one attached hydrogen (secondary N) is 2. The van der Waals surface area contributed by atoms with Crippen LogP contribution >= 0.6 is 23.8 Å². The van der Waals surface area contributed by atoms with Gasteiger partial charge in [-0.25, -0.2) is 5.01 Å². The Balaban J connectivity index is 1.54. The highest BCUT2D eigenvalue weighted by molar-refractivity contribution is 7.80. The van der Waals surface area contributed by atoms with Crippen LogP contribution in [0.1, 0.15) is 23.6 Å². The van der Waals surface area contributed by atoms with Crippen LogP contribution in [0.25, 0.3) is 22.0 Å². The predicted molar refractivity (Wildman–Crippen MR) is 173 cm³/mol. The van der Waals surface area contributed by atoms with Gasteiger partial charge in [-0.2, -0.15) is 5.10 Å². The number of hydrogen-bond acceptors (Lipinski definition) is 5. The lowest BCUT2D eigenvalue weighted by Crippen LogP contribution is -2.31. The first-order chi connectivity index (χ1) is 20.5. The summed E-state index contributed by atoms with van der Waals surface area (Å²) >= 11 is 12.1. The fraction of sp³-hybridized carbons (Fsp3) is 0.121. The standard InChI is InChI=1S/C33H27ClN4O3S/c1-40-28-14-8-12-24(31(28)41-2)27-19-26(37-38(27)33(42)35-22-9-4-3-5-10-22)30-29(20-15-17-21(34)18-16-20)23-11-6-7-13-25(23)36-32(30)39/h3-18,27H,19H2,1-2H3,(H,35,42)(H,36,39)/t27-/m0/s1. The van der Waals surface area contributed by atoms with Crippen molar-refractivity contribution >= 4 is 51.2 Å². The fourth-order valence-electron chi connectivity index (χ4n) is 5.40. The molecule has 2 heterocycles. The molecule has 0 fully saturated rings. The molecule has 9 heteroatoms. The minimum Gasteiger partial charge on any atom is -0.493 e. The summed E-state index contributed by atoms with van der Waals surface area (Å²) in [5, 5.41) is 12.0. The first-order valence-corrected chi connectivity index (χ1v) is 14.1. The Morgan fingerprint density at radius 3 is 2.40 bits per heavy atom. The summed E-state index contributed by atoms with van der Waals surface area (Å²) in [7, 11) is 3.21. The van der Waals surface area contributed by atoms with E-state index >= 15 is 0 Å². The molecule has 1 aromatic heterocycles. The van der Waals surface area contributed by atoms with Crippen LogP contribution in [0, 0.1) is 0 Å². The molecule has 1 aliphatic rings. The summed E-state index contributed by atoms with van der Waals surface area (Å²) in [6.07, 6.45) is 0.391. The number of para-hydroxylation sites is 3. The number of anilines is 1. The van der Waals surface area contributed by atoms with Crippen molar-refractivity contribution in [1.82, 2.24) is 9.99 Å². The van der Waals surface area contributed by atoms with Crippen molar-refractivity contribution in [2.24, 2.45) is 5.10 Å². The van der Waals surface area contributed by atoms with Crippen LogP contribution in [0.3, 0.4) is 0 Å². The Kier molecular flexibility index (Phi) is 7.65. The van der Waals surface area contributed by atoms with Crippen LogP contribution in [0.5, 0.6) is 11.5 Å². The third-order valence-electron chi connectivity index (χ3n) is 7.28. The molecule has 0 unspecified atom stereocenters. The molecule has 0 saturated heterocycles. The topological polar surface area (TPSA) is 79.0 Å². The molecule has 4 aromatic carbocycles. The number of aromatic nitrogens is 1. The summed E-state index contributed by atoms with van der Waals surface area (Å²) in [4.78, 5) is 16.9. The Morgan fingerprint density at radius 2 is 1.67 bits per heavy atom. The SMILES string of the molecule is COc1cccc([C@@H]2CC(c3c(-c4ccc(Cl)cc4)c4ccccc4[nH]c3=O)=NN2C(=S)Nc2ccccc2)c1OC. The lowest BCUT2D eigenvalue weighted by molar-refractivity contribution is 0.327. The second-order valence-electron chi connectivity index (χ2n) is 9.75. The smallest absolute Gasteiger partial charge is 0.258 e. The molecule has 1 aliphatic heterocycles. The maximum Gasteiger partial charge on any atom is 0.258 e. The van der Waals surface area contributed by atoms with Gasteiger partial charge in [-0.15, -0.1) is 0 Å². The quantitative estimate of drug-likeness (QED) is 0.199. The summed E-state index contributed by atoms with van der Waals surface area (Å²) in [6, 6.07) is 30.2. The first kappa shape index (κ1) is 27.5. The summed E-state index contributed by atoms with van der Waals surface area (Å²) in [6.45, 7) is 0. The largest absolute Gasteiger partial charge is 0.493 e. The Labute approximate surface area is 253 Å². The van der Waals surface area contributed by atoms with Gasteiger partial charge >= 0.3 is 0 Å². The molecule has 0 bridgehead atoms. The number of ether oxygens (including phenoxy) is 2. The molecule has 6 rings (SSSR count). The maximum absolute atomic E-state index is 13.8. The zero-order chi connectivity index (χ0) is 29.2. The average Bonchev–Trinajstić information content (AvgIpc) is 3.46. The van der Waals surface area contributed by atoms with Gasteiger partial charge in [0.2, 0.25) is 0 Å². The lowest BCUT2D eigenvalue weighted by Gasteiger charge is -2.26. The minimum atomic E-state index is -0.377. The van der Waals surface area contributed by atoms with E-state index in [9.17, 15) is 4.79 Å². The minimum absolute atomic E-state index is 0.238. The van der Waals surface area contributed by atoms with Crippen LogP contribution in [0.2, 0.25) is 5.02 Å². The average molecular weight is 595 g/mol. The molecule has 0 spiro atoms. The van der Waals surface area contributed by atoms with Gasteiger partial charge in [0.15, 0.2) is 16.6 Å². The molecule has 0 saturated carbocycles. The molecule has 5 aromatic rings. The zero-order valence-corrected chi connectivity index (χ0v) is 24.5. The number of nitrogens with zero attached hydrogens (tertiary/aromatic N) is 2. The Bertz CT molecular complexity index is 1870. The molecule has 0 radical (unpaired) electrons. The van der Waals surface area contributed by atoms with Gasteiger partial charge in [0.25, 0.3) is 5.56 Å². The molecular formula is C33H27ClN4O3S. The molecule has 210 valence electrons. The van der Waals surface area contributed by atoms with Gasteiger partial charge < -0.3 is 19.8 Å². The van der Waals surface area contributed by atoms with Crippen LogP contribution < -0.4 is 20.3 Å². The van der Waals surface area contributed by atoms with E-state index < -0.39 is 0 Å². The van der Waals surface area contributed by atoms with Gasteiger partial charge in [-0.3, -0.25) is 4.79 Å². The number of H-pyrrole nitrogens is 1.